The Morgan fingerprint density at radius 3 is 2.46 bits per heavy atom. The SMILES string of the molecule is C[C@@H](C(=O)Nc1cccc(F)c1)N1CCN(CC(=O)N2CCCC2)CC1. The van der Waals surface area contributed by atoms with Gasteiger partial charge in [0.2, 0.25) is 11.8 Å². The van der Waals surface area contributed by atoms with Gasteiger partial charge in [0.15, 0.2) is 0 Å². The molecule has 1 aromatic rings. The third-order valence-electron chi connectivity index (χ3n) is 5.24. The average Bonchev–Trinajstić information content (AvgIpc) is 3.16. The highest BCUT2D eigenvalue weighted by Crippen LogP contribution is 2.13. The quantitative estimate of drug-likeness (QED) is 0.860. The van der Waals surface area contributed by atoms with E-state index in [1.807, 2.05) is 11.8 Å². The topological polar surface area (TPSA) is 55.9 Å². The summed E-state index contributed by atoms with van der Waals surface area (Å²) < 4.78 is 13.2. The van der Waals surface area contributed by atoms with Gasteiger partial charge in [0.05, 0.1) is 12.6 Å². The molecule has 6 nitrogen and oxygen atoms in total. The molecule has 26 heavy (non-hydrogen) atoms. The van der Waals surface area contributed by atoms with Crippen LogP contribution in [0.3, 0.4) is 0 Å². The third-order valence-corrected chi connectivity index (χ3v) is 5.24. The van der Waals surface area contributed by atoms with E-state index in [-0.39, 0.29) is 23.7 Å². The Labute approximate surface area is 153 Å². The molecular weight excluding hydrogens is 335 g/mol. The maximum Gasteiger partial charge on any atom is 0.241 e. The highest BCUT2D eigenvalue weighted by Gasteiger charge is 2.27. The number of likely N-dealkylation sites (tertiary alicyclic amines) is 1. The summed E-state index contributed by atoms with van der Waals surface area (Å²) >= 11 is 0. The van der Waals surface area contributed by atoms with Crippen molar-refractivity contribution in [1.82, 2.24) is 14.7 Å². The molecule has 1 atom stereocenters. The highest BCUT2D eigenvalue weighted by atomic mass is 19.1. The van der Waals surface area contributed by atoms with Crippen LogP contribution in [0.1, 0.15) is 19.8 Å². The summed E-state index contributed by atoms with van der Waals surface area (Å²) in [6.45, 7) is 7.13. The fourth-order valence-electron chi connectivity index (χ4n) is 3.55. The van der Waals surface area contributed by atoms with Crippen molar-refractivity contribution in [2.24, 2.45) is 0 Å². The molecule has 2 heterocycles. The standard InChI is InChI=1S/C19H27FN4O2/c1-15(19(26)21-17-6-4-5-16(20)13-17)23-11-9-22(10-12-23)14-18(25)24-7-2-3-8-24/h4-6,13,15H,2-3,7-12,14H2,1H3,(H,21,26)/t15-/m0/s1. The predicted molar refractivity (Wildman–Crippen MR) is 98.3 cm³/mol. The first-order valence-electron chi connectivity index (χ1n) is 9.33. The molecule has 1 aromatic carbocycles. The van der Waals surface area contributed by atoms with Gasteiger partial charge in [0.25, 0.3) is 0 Å². The van der Waals surface area contributed by atoms with Crippen LogP contribution in [0.4, 0.5) is 10.1 Å². The fraction of sp³-hybridized carbons (Fsp3) is 0.579. The monoisotopic (exact) mass is 362 g/mol. The van der Waals surface area contributed by atoms with Crippen LogP contribution < -0.4 is 5.32 Å². The van der Waals surface area contributed by atoms with Gasteiger partial charge in [-0.05, 0) is 38.0 Å². The molecule has 0 aromatic heterocycles. The van der Waals surface area contributed by atoms with E-state index in [1.165, 1.54) is 12.1 Å². The van der Waals surface area contributed by atoms with Crippen molar-refractivity contribution < 1.29 is 14.0 Å². The fourth-order valence-corrected chi connectivity index (χ4v) is 3.55. The van der Waals surface area contributed by atoms with Crippen molar-refractivity contribution in [3.8, 4) is 0 Å². The van der Waals surface area contributed by atoms with Gasteiger partial charge in [0, 0.05) is 45.0 Å². The van der Waals surface area contributed by atoms with Crippen LogP contribution in [-0.2, 0) is 9.59 Å². The summed E-state index contributed by atoms with van der Waals surface area (Å²) in [6, 6.07) is 5.62. The van der Waals surface area contributed by atoms with E-state index in [1.54, 1.807) is 12.1 Å². The van der Waals surface area contributed by atoms with Crippen LogP contribution in [0.15, 0.2) is 24.3 Å². The van der Waals surface area contributed by atoms with Crippen molar-refractivity contribution >= 4 is 17.5 Å². The molecule has 7 heteroatoms. The minimum atomic E-state index is -0.369. The molecular formula is C19H27FN4O2. The lowest BCUT2D eigenvalue weighted by molar-refractivity contribution is -0.132. The van der Waals surface area contributed by atoms with Gasteiger partial charge in [-0.3, -0.25) is 19.4 Å². The van der Waals surface area contributed by atoms with Crippen LogP contribution in [0.5, 0.6) is 0 Å². The number of hydrogen-bond donors (Lipinski definition) is 1. The Balaban J connectivity index is 1.44. The Bertz CT molecular complexity index is 640. The molecule has 2 fully saturated rings. The Morgan fingerprint density at radius 1 is 1.12 bits per heavy atom. The summed E-state index contributed by atoms with van der Waals surface area (Å²) in [5.74, 6) is -0.295. The second-order valence-electron chi connectivity index (χ2n) is 7.08. The second-order valence-corrected chi connectivity index (χ2v) is 7.08. The lowest BCUT2D eigenvalue weighted by Gasteiger charge is -2.37. The number of anilines is 1. The highest BCUT2D eigenvalue weighted by molar-refractivity contribution is 5.94. The molecule has 2 aliphatic rings. The Kier molecular flexibility index (Phi) is 6.21. The van der Waals surface area contributed by atoms with Crippen molar-refractivity contribution in [3.63, 3.8) is 0 Å². The smallest absolute Gasteiger partial charge is 0.241 e. The number of benzene rings is 1. The zero-order valence-electron chi connectivity index (χ0n) is 15.3. The molecule has 3 rings (SSSR count). The minimum absolute atomic E-state index is 0.141. The third kappa shape index (κ3) is 4.80. The number of carbonyl (C=O) groups excluding carboxylic acids is 2. The molecule has 2 aliphatic heterocycles. The molecule has 0 unspecified atom stereocenters. The molecule has 0 saturated carbocycles. The maximum absolute atomic E-state index is 13.2. The van der Waals surface area contributed by atoms with E-state index in [2.05, 4.69) is 15.1 Å². The minimum Gasteiger partial charge on any atom is -0.342 e. The number of amides is 2. The molecule has 2 amide bonds. The van der Waals surface area contributed by atoms with Gasteiger partial charge in [-0.15, -0.1) is 0 Å². The van der Waals surface area contributed by atoms with E-state index in [4.69, 9.17) is 0 Å². The summed E-state index contributed by atoms with van der Waals surface area (Å²) in [6.07, 6.45) is 2.22. The van der Waals surface area contributed by atoms with Crippen LogP contribution in [0, 0.1) is 5.82 Å². The summed E-state index contributed by atoms with van der Waals surface area (Å²) in [5.41, 5.74) is 0.469. The number of piperazine rings is 1. The number of rotatable bonds is 5. The summed E-state index contributed by atoms with van der Waals surface area (Å²) in [7, 11) is 0. The van der Waals surface area contributed by atoms with Gasteiger partial charge < -0.3 is 10.2 Å². The maximum atomic E-state index is 13.2. The van der Waals surface area contributed by atoms with E-state index in [0.717, 1.165) is 52.1 Å². The van der Waals surface area contributed by atoms with Gasteiger partial charge in [0.1, 0.15) is 5.82 Å². The zero-order valence-corrected chi connectivity index (χ0v) is 15.3. The Hall–Kier alpha value is -1.99. The molecule has 0 bridgehead atoms. The molecule has 1 N–H and O–H groups in total. The summed E-state index contributed by atoms with van der Waals surface area (Å²) in [4.78, 5) is 30.9. The molecule has 2 saturated heterocycles. The lowest BCUT2D eigenvalue weighted by Crippen LogP contribution is -2.54. The normalized spacial score (nSPS) is 20.2. The first-order chi connectivity index (χ1) is 12.5. The van der Waals surface area contributed by atoms with Crippen molar-refractivity contribution in [3.05, 3.63) is 30.1 Å². The largest absolute Gasteiger partial charge is 0.342 e. The first-order valence-corrected chi connectivity index (χ1v) is 9.33. The van der Waals surface area contributed by atoms with Crippen LogP contribution >= 0.6 is 0 Å². The molecule has 142 valence electrons. The average molecular weight is 362 g/mol. The van der Waals surface area contributed by atoms with E-state index in [9.17, 15) is 14.0 Å². The predicted octanol–water partition coefficient (Wildman–Crippen LogP) is 1.39. The van der Waals surface area contributed by atoms with Crippen molar-refractivity contribution in [1.29, 1.82) is 0 Å². The van der Waals surface area contributed by atoms with Crippen molar-refractivity contribution in [2.45, 2.75) is 25.8 Å². The van der Waals surface area contributed by atoms with Crippen LogP contribution in [0.2, 0.25) is 0 Å². The molecule has 0 radical (unpaired) electrons. The molecule has 0 aliphatic carbocycles. The van der Waals surface area contributed by atoms with E-state index in [0.29, 0.717) is 12.2 Å². The Morgan fingerprint density at radius 2 is 1.81 bits per heavy atom. The number of carbonyl (C=O) groups is 2. The van der Waals surface area contributed by atoms with Gasteiger partial charge in [-0.25, -0.2) is 4.39 Å². The number of nitrogens with zero attached hydrogens (tertiary/aromatic N) is 3. The number of halogens is 1. The van der Waals surface area contributed by atoms with Gasteiger partial charge in [-0.1, -0.05) is 6.07 Å². The van der Waals surface area contributed by atoms with Crippen molar-refractivity contribution in [2.75, 3.05) is 51.1 Å². The lowest BCUT2D eigenvalue weighted by atomic mass is 10.2. The second kappa shape index (κ2) is 8.60. The van der Waals surface area contributed by atoms with Gasteiger partial charge >= 0.3 is 0 Å². The summed E-state index contributed by atoms with van der Waals surface area (Å²) in [5, 5.41) is 2.77. The zero-order chi connectivity index (χ0) is 18.5. The van der Waals surface area contributed by atoms with E-state index < -0.39 is 0 Å². The number of hydrogen-bond acceptors (Lipinski definition) is 4. The van der Waals surface area contributed by atoms with Gasteiger partial charge in [-0.2, -0.15) is 0 Å². The van der Waals surface area contributed by atoms with Crippen LogP contribution in [-0.4, -0.2) is 78.4 Å². The molecule has 0 spiro atoms. The first kappa shape index (κ1) is 18.8. The number of nitrogens with one attached hydrogen (secondary N) is 1. The van der Waals surface area contributed by atoms with Crippen LogP contribution in [0.25, 0.3) is 0 Å². The van der Waals surface area contributed by atoms with E-state index >= 15 is 0 Å².